The van der Waals surface area contributed by atoms with Gasteiger partial charge < -0.3 is 5.32 Å². The van der Waals surface area contributed by atoms with E-state index in [2.05, 4.69) is 10.4 Å². The van der Waals surface area contributed by atoms with E-state index in [9.17, 15) is 13.2 Å². The predicted octanol–water partition coefficient (Wildman–Crippen LogP) is 3.38. The summed E-state index contributed by atoms with van der Waals surface area (Å²) in [6.45, 7) is 1.55. The molecular formula is C18H22Cl2N4O3S. The molecule has 1 aliphatic heterocycles. The zero-order chi connectivity index (χ0) is 20.1. The third-order valence-corrected chi connectivity index (χ3v) is 7.13. The molecule has 28 heavy (non-hydrogen) atoms. The number of benzene rings is 1. The van der Waals surface area contributed by atoms with Crippen LogP contribution in [0.5, 0.6) is 0 Å². The molecule has 1 aliphatic rings. The number of nitrogens with zero attached hydrogens (tertiary/aromatic N) is 3. The molecule has 0 atom stereocenters. The van der Waals surface area contributed by atoms with Gasteiger partial charge in [0.15, 0.2) is 0 Å². The van der Waals surface area contributed by atoms with Crippen molar-refractivity contribution in [1.82, 2.24) is 14.1 Å². The lowest BCUT2D eigenvalue weighted by Crippen LogP contribution is -2.30. The van der Waals surface area contributed by atoms with Crippen LogP contribution >= 0.6 is 23.2 Å². The maximum absolute atomic E-state index is 12.2. The molecule has 3 rings (SSSR count). The van der Waals surface area contributed by atoms with Gasteiger partial charge >= 0.3 is 0 Å². The summed E-state index contributed by atoms with van der Waals surface area (Å²) in [5, 5.41) is 8.06. The van der Waals surface area contributed by atoms with Gasteiger partial charge in [-0.2, -0.15) is 5.10 Å². The van der Waals surface area contributed by atoms with E-state index in [-0.39, 0.29) is 24.5 Å². The van der Waals surface area contributed by atoms with Crippen molar-refractivity contribution >= 4 is 45.0 Å². The minimum atomic E-state index is -3.26. The number of amides is 1. The third-order valence-electron chi connectivity index (χ3n) is 4.58. The van der Waals surface area contributed by atoms with Crippen molar-refractivity contribution in [3.63, 3.8) is 0 Å². The molecule has 1 amide bonds. The number of hydrogen-bond donors (Lipinski definition) is 1. The topological polar surface area (TPSA) is 84.3 Å². The van der Waals surface area contributed by atoms with E-state index in [1.807, 2.05) is 0 Å². The van der Waals surface area contributed by atoms with E-state index >= 15 is 0 Å². The van der Waals surface area contributed by atoms with Gasteiger partial charge in [-0.1, -0.05) is 29.3 Å². The highest BCUT2D eigenvalue weighted by Gasteiger charge is 2.24. The number of aromatic nitrogens is 2. The Hall–Kier alpha value is -1.61. The van der Waals surface area contributed by atoms with Gasteiger partial charge in [0.1, 0.15) is 5.82 Å². The van der Waals surface area contributed by atoms with E-state index in [0.717, 1.165) is 18.4 Å². The molecule has 1 saturated heterocycles. The maximum atomic E-state index is 12.2. The molecule has 2 aromatic rings. The smallest absolute Gasteiger partial charge is 0.225 e. The van der Waals surface area contributed by atoms with E-state index in [4.69, 9.17) is 23.2 Å². The zero-order valence-corrected chi connectivity index (χ0v) is 17.6. The standard InChI is InChI=1S/C18H22Cl2N4O3S/c19-15-6-5-14(16(20)12-15)13-24-17(7-8-21-24)22-18(25)4-3-11-28(26,27)23-9-1-2-10-23/h5-8,12H,1-4,9-11,13H2,(H,22,25). The molecule has 0 unspecified atom stereocenters. The summed E-state index contributed by atoms with van der Waals surface area (Å²) in [7, 11) is -3.26. The molecule has 0 radical (unpaired) electrons. The van der Waals surface area contributed by atoms with Crippen LogP contribution in [0.15, 0.2) is 30.5 Å². The van der Waals surface area contributed by atoms with Crippen LogP contribution in [-0.2, 0) is 21.4 Å². The maximum Gasteiger partial charge on any atom is 0.225 e. The van der Waals surface area contributed by atoms with Crippen molar-refractivity contribution in [2.75, 3.05) is 24.2 Å². The number of sulfonamides is 1. The monoisotopic (exact) mass is 444 g/mol. The highest BCUT2D eigenvalue weighted by atomic mass is 35.5. The first-order valence-corrected chi connectivity index (χ1v) is 11.4. The van der Waals surface area contributed by atoms with Crippen molar-refractivity contribution in [2.45, 2.75) is 32.2 Å². The van der Waals surface area contributed by atoms with Crippen LogP contribution in [0.3, 0.4) is 0 Å². The highest BCUT2D eigenvalue weighted by molar-refractivity contribution is 7.89. The van der Waals surface area contributed by atoms with Crippen LogP contribution in [0.4, 0.5) is 5.82 Å². The fraction of sp³-hybridized carbons (Fsp3) is 0.444. The molecule has 7 nitrogen and oxygen atoms in total. The average Bonchev–Trinajstić information content (AvgIpc) is 3.30. The Morgan fingerprint density at radius 3 is 2.64 bits per heavy atom. The van der Waals surface area contributed by atoms with Gasteiger partial charge in [-0.25, -0.2) is 17.4 Å². The second kappa shape index (κ2) is 9.26. The fourth-order valence-electron chi connectivity index (χ4n) is 3.09. The van der Waals surface area contributed by atoms with Gasteiger partial charge in [-0.05, 0) is 37.0 Å². The Kier molecular flexibility index (Phi) is 6.98. The molecule has 0 bridgehead atoms. The molecular weight excluding hydrogens is 423 g/mol. The van der Waals surface area contributed by atoms with Gasteiger partial charge in [0.2, 0.25) is 15.9 Å². The lowest BCUT2D eigenvalue weighted by molar-refractivity contribution is -0.116. The number of anilines is 1. The van der Waals surface area contributed by atoms with Gasteiger partial charge in [0, 0.05) is 35.6 Å². The summed E-state index contributed by atoms with van der Waals surface area (Å²) in [5.41, 5.74) is 0.821. The van der Waals surface area contributed by atoms with E-state index < -0.39 is 10.0 Å². The van der Waals surface area contributed by atoms with Gasteiger partial charge in [0.25, 0.3) is 0 Å². The van der Waals surface area contributed by atoms with Crippen molar-refractivity contribution in [3.05, 3.63) is 46.1 Å². The second-order valence-electron chi connectivity index (χ2n) is 6.68. The fourth-order valence-corrected chi connectivity index (χ4v) is 5.14. The molecule has 1 fully saturated rings. The molecule has 1 aromatic carbocycles. The predicted molar refractivity (Wildman–Crippen MR) is 110 cm³/mol. The van der Waals surface area contributed by atoms with Gasteiger partial charge in [-0.3, -0.25) is 4.79 Å². The minimum Gasteiger partial charge on any atom is -0.311 e. The quantitative estimate of drug-likeness (QED) is 0.675. The van der Waals surface area contributed by atoms with Crippen LogP contribution in [0.1, 0.15) is 31.2 Å². The van der Waals surface area contributed by atoms with Crippen molar-refractivity contribution in [2.24, 2.45) is 0 Å². The summed E-state index contributed by atoms with van der Waals surface area (Å²) < 4.78 is 27.5. The van der Waals surface area contributed by atoms with Crippen LogP contribution in [-0.4, -0.2) is 47.3 Å². The summed E-state index contributed by atoms with van der Waals surface area (Å²) in [4.78, 5) is 12.2. The zero-order valence-electron chi connectivity index (χ0n) is 15.3. The molecule has 2 heterocycles. The van der Waals surface area contributed by atoms with E-state index in [1.165, 1.54) is 4.31 Å². The number of rotatable bonds is 8. The number of carbonyl (C=O) groups excluding carboxylic acids is 1. The Labute approximate surface area is 174 Å². The second-order valence-corrected chi connectivity index (χ2v) is 9.62. The van der Waals surface area contributed by atoms with E-state index in [0.29, 0.717) is 35.5 Å². The van der Waals surface area contributed by atoms with Gasteiger partial charge in [0.05, 0.1) is 18.5 Å². The summed E-state index contributed by atoms with van der Waals surface area (Å²) in [5.74, 6) is 0.263. The lowest BCUT2D eigenvalue weighted by atomic mass is 10.2. The number of halogens is 2. The Morgan fingerprint density at radius 2 is 1.93 bits per heavy atom. The van der Waals surface area contributed by atoms with Crippen molar-refractivity contribution in [1.29, 1.82) is 0 Å². The van der Waals surface area contributed by atoms with E-state index in [1.54, 1.807) is 35.1 Å². The molecule has 152 valence electrons. The number of hydrogen-bond acceptors (Lipinski definition) is 4. The molecule has 0 spiro atoms. The number of carbonyl (C=O) groups is 1. The van der Waals surface area contributed by atoms with Crippen LogP contribution in [0, 0.1) is 0 Å². The third kappa shape index (κ3) is 5.47. The van der Waals surface area contributed by atoms with Crippen molar-refractivity contribution in [3.8, 4) is 0 Å². The summed E-state index contributed by atoms with van der Waals surface area (Å²) in [6.07, 6.45) is 3.79. The molecule has 10 heteroatoms. The summed E-state index contributed by atoms with van der Waals surface area (Å²) in [6, 6.07) is 6.89. The average molecular weight is 445 g/mol. The molecule has 0 aliphatic carbocycles. The normalized spacial score (nSPS) is 15.1. The SMILES string of the molecule is O=C(CCCS(=O)(=O)N1CCCC1)Nc1ccnn1Cc1ccc(Cl)cc1Cl. The van der Waals surface area contributed by atoms with Gasteiger partial charge in [-0.15, -0.1) is 0 Å². The summed E-state index contributed by atoms with van der Waals surface area (Å²) >= 11 is 12.1. The highest BCUT2D eigenvalue weighted by Crippen LogP contribution is 2.23. The molecule has 1 aromatic heterocycles. The van der Waals surface area contributed by atoms with Crippen LogP contribution in [0.2, 0.25) is 10.0 Å². The van der Waals surface area contributed by atoms with Crippen molar-refractivity contribution < 1.29 is 13.2 Å². The van der Waals surface area contributed by atoms with Crippen LogP contribution in [0.25, 0.3) is 0 Å². The first-order valence-electron chi connectivity index (χ1n) is 9.08. The molecule has 0 saturated carbocycles. The number of nitrogens with one attached hydrogen (secondary N) is 1. The largest absolute Gasteiger partial charge is 0.311 e. The Morgan fingerprint density at radius 1 is 1.18 bits per heavy atom. The van der Waals surface area contributed by atoms with Crippen LogP contribution < -0.4 is 5.32 Å². The Balaban J connectivity index is 1.53. The first kappa shape index (κ1) is 21.1. The molecule has 1 N–H and O–H groups in total. The lowest BCUT2D eigenvalue weighted by Gasteiger charge is -2.15. The first-order chi connectivity index (χ1) is 13.3. The minimum absolute atomic E-state index is 0.0138. The Bertz CT molecular complexity index is 940.